The van der Waals surface area contributed by atoms with Crippen molar-refractivity contribution in [3.8, 4) is 11.3 Å². The number of hydrogen-bond donors (Lipinski definition) is 3. The number of sulfonamides is 1. The van der Waals surface area contributed by atoms with E-state index in [-0.39, 0.29) is 12.1 Å². The number of rotatable bonds is 9. The first-order valence-electron chi connectivity index (χ1n) is 7.94. The molecule has 1 aromatic carbocycles. The lowest BCUT2D eigenvalue weighted by molar-refractivity contribution is -0.133. The molecule has 3 N–H and O–H groups in total. The van der Waals surface area contributed by atoms with Gasteiger partial charge < -0.3 is 14.9 Å². The third-order valence-corrected chi connectivity index (χ3v) is 4.35. The lowest BCUT2D eigenvalue weighted by Crippen LogP contribution is -2.43. The van der Waals surface area contributed by atoms with Crippen LogP contribution in [0.3, 0.4) is 0 Å². The quantitative estimate of drug-likeness (QED) is 0.558. The molecular weight excluding hydrogens is 403 g/mol. The third-order valence-electron chi connectivity index (χ3n) is 3.68. The van der Waals surface area contributed by atoms with Crippen LogP contribution < -0.4 is 10.0 Å². The van der Waals surface area contributed by atoms with E-state index >= 15 is 0 Å². The number of aromatic nitrogens is 1. The Balaban J connectivity index is 2.08. The van der Waals surface area contributed by atoms with Gasteiger partial charge in [-0.2, -0.15) is 8.78 Å². The van der Waals surface area contributed by atoms with Crippen LogP contribution in [-0.2, 0) is 21.4 Å². The summed E-state index contributed by atoms with van der Waals surface area (Å²) in [5.41, 5.74) is 1.07. The molecule has 8 nitrogen and oxygen atoms in total. The van der Waals surface area contributed by atoms with E-state index < -0.39 is 41.2 Å². The molecule has 2 atom stereocenters. The van der Waals surface area contributed by atoms with Crippen LogP contribution >= 0.6 is 0 Å². The first-order valence-corrected chi connectivity index (χ1v) is 9.83. The smallest absolute Gasteiger partial charge is 0.315 e. The van der Waals surface area contributed by atoms with Gasteiger partial charge in [0.25, 0.3) is 5.91 Å². The van der Waals surface area contributed by atoms with Crippen molar-refractivity contribution in [1.82, 2.24) is 15.2 Å². The summed E-state index contributed by atoms with van der Waals surface area (Å²) in [6.45, 7) is -1.29. The maximum Gasteiger partial charge on any atom is 0.315 e. The average molecular weight is 421 g/mol. The summed E-state index contributed by atoms with van der Waals surface area (Å²) in [5.74, 6) is -1.35. The van der Waals surface area contributed by atoms with Crippen molar-refractivity contribution >= 4 is 15.9 Å². The van der Waals surface area contributed by atoms with Gasteiger partial charge in [0.2, 0.25) is 10.0 Å². The number of hydrogen-bond acceptors (Lipinski definition) is 6. The molecule has 0 saturated heterocycles. The van der Waals surface area contributed by atoms with E-state index in [9.17, 15) is 31.5 Å². The van der Waals surface area contributed by atoms with Crippen molar-refractivity contribution in [3.63, 3.8) is 0 Å². The summed E-state index contributed by atoms with van der Waals surface area (Å²) in [6.07, 6.45) is -3.85. The lowest BCUT2D eigenvalue weighted by atomic mass is 10.0. The Bertz CT molecular complexity index is 903. The summed E-state index contributed by atoms with van der Waals surface area (Å²) < 4.78 is 67.1. The zero-order valence-electron chi connectivity index (χ0n) is 14.6. The molecule has 0 aliphatic rings. The van der Waals surface area contributed by atoms with Crippen LogP contribution in [0, 0.1) is 0 Å². The van der Waals surface area contributed by atoms with E-state index in [0.29, 0.717) is 17.0 Å². The number of alkyl halides is 3. The molecule has 0 fully saturated rings. The molecule has 1 amide bonds. The predicted molar refractivity (Wildman–Crippen MR) is 92.5 cm³/mol. The summed E-state index contributed by atoms with van der Waals surface area (Å²) in [7, 11) is -3.38. The fourth-order valence-corrected chi connectivity index (χ4v) is 2.67. The molecule has 28 heavy (non-hydrogen) atoms. The van der Waals surface area contributed by atoms with Gasteiger partial charge in [-0.15, -0.1) is 0 Å². The molecule has 0 spiro atoms. The van der Waals surface area contributed by atoms with Gasteiger partial charge >= 0.3 is 6.43 Å². The number of nitrogens with one attached hydrogen (secondary N) is 2. The van der Waals surface area contributed by atoms with Gasteiger partial charge in [0.15, 0.2) is 5.76 Å². The molecule has 0 radical (unpaired) electrons. The molecule has 0 bridgehead atoms. The van der Waals surface area contributed by atoms with Gasteiger partial charge in [-0.1, -0.05) is 29.4 Å². The standard InChI is InChI=1S/C16H18F3N3O5S/c1-28(25,26)20-8-11-6-13(27-22-11)9-2-4-10(5-3-9)14(23)12(7-17)21-16(24)15(18)19/h2-6,12,14-15,20,23H,7-8H2,1H3,(H,21,24)/t12-,14-/m1/s1. The summed E-state index contributed by atoms with van der Waals surface area (Å²) in [5, 5.41) is 15.6. The van der Waals surface area contributed by atoms with Crippen molar-refractivity contribution in [2.24, 2.45) is 0 Å². The van der Waals surface area contributed by atoms with Crippen molar-refractivity contribution in [1.29, 1.82) is 0 Å². The normalized spacial score (nSPS) is 14.1. The minimum absolute atomic E-state index is 0.0544. The fourth-order valence-electron chi connectivity index (χ4n) is 2.26. The van der Waals surface area contributed by atoms with Gasteiger partial charge in [-0.25, -0.2) is 17.5 Å². The second-order valence-electron chi connectivity index (χ2n) is 5.91. The first kappa shape index (κ1) is 21.9. The zero-order chi connectivity index (χ0) is 20.9. The summed E-state index contributed by atoms with van der Waals surface area (Å²) >= 11 is 0. The minimum atomic E-state index is -3.38. The molecular formula is C16H18F3N3O5S. The Labute approximate surface area is 158 Å². The Morgan fingerprint density at radius 1 is 1.29 bits per heavy atom. The zero-order valence-corrected chi connectivity index (χ0v) is 15.4. The number of carbonyl (C=O) groups excluding carboxylic acids is 1. The van der Waals surface area contributed by atoms with E-state index in [0.717, 1.165) is 6.26 Å². The molecule has 0 saturated carbocycles. The molecule has 0 unspecified atom stereocenters. The van der Waals surface area contributed by atoms with Crippen LogP contribution in [-0.4, -0.2) is 50.0 Å². The largest absolute Gasteiger partial charge is 0.386 e. The summed E-state index contributed by atoms with van der Waals surface area (Å²) in [4.78, 5) is 11.0. The predicted octanol–water partition coefficient (Wildman–Crippen LogP) is 1.14. The van der Waals surface area contributed by atoms with Crippen LogP contribution in [0.15, 0.2) is 34.9 Å². The SMILES string of the molecule is CS(=O)(=O)NCc1cc(-c2ccc([C@@H](O)[C@@H](CF)NC(=O)C(F)F)cc2)on1. The molecule has 1 aromatic heterocycles. The van der Waals surface area contributed by atoms with E-state index in [1.165, 1.54) is 30.3 Å². The third kappa shape index (κ3) is 6.04. The monoisotopic (exact) mass is 421 g/mol. The topological polar surface area (TPSA) is 122 Å². The van der Waals surface area contributed by atoms with E-state index in [2.05, 4.69) is 9.88 Å². The van der Waals surface area contributed by atoms with Gasteiger partial charge in [0, 0.05) is 11.6 Å². The molecule has 1 heterocycles. The number of carbonyl (C=O) groups is 1. The maximum absolute atomic E-state index is 13.0. The fraction of sp³-hybridized carbons (Fsp3) is 0.375. The number of amides is 1. The van der Waals surface area contributed by atoms with Crippen molar-refractivity contribution in [2.45, 2.75) is 25.1 Å². The Morgan fingerprint density at radius 2 is 1.93 bits per heavy atom. The number of aliphatic hydroxyl groups excluding tert-OH is 1. The van der Waals surface area contributed by atoms with Crippen molar-refractivity contribution in [3.05, 3.63) is 41.6 Å². The van der Waals surface area contributed by atoms with Crippen molar-refractivity contribution < 1.29 is 36.0 Å². The number of nitrogens with zero attached hydrogens (tertiary/aromatic N) is 1. The molecule has 154 valence electrons. The van der Waals surface area contributed by atoms with Gasteiger partial charge in [0.05, 0.1) is 24.5 Å². The highest BCUT2D eigenvalue weighted by Crippen LogP contribution is 2.24. The Hall–Kier alpha value is -2.44. The van der Waals surface area contributed by atoms with E-state index in [1.807, 2.05) is 0 Å². The molecule has 12 heteroatoms. The highest BCUT2D eigenvalue weighted by atomic mass is 32.2. The van der Waals surface area contributed by atoms with Gasteiger partial charge in [0.1, 0.15) is 12.8 Å². The lowest BCUT2D eigenvalue weighted by Gasteiger charge is -2.21. The van der Waals surface area contributed by atoms with Crippen LogP contribution in [0.25, 0.3) is 11.3 Å². The second-order valence-corrected chi connectivity index (χ2v) is 7.75. The highest BCUT2D eigenvalue weighted by molar-refractivity contribution is 7.88. The average Bonchev–Trinajstić information content (AvgIpc) is 3.12. The molecule has 2 aromatic rings. The van der Waals surface area contributed by atoms with Crippen LogP contribution in [0.4, 0.5) is 13.2 Å². The van der Waals surface area contributed by atoms with Gasteiger partial charge in [-0.3, -0.25) is 4.79 Å². The van der Waals surface area contributed by atoms with E-state index in [4.69, 9.17) is 4.52 Å². The Kier molecular flexibility index (Phi) is 7.16. The minimum Gasteiger partial charge on any atom is -0.386 e. The highest BCUT2D eigenvalue weighted by Gasteiger charge is 2.26. The summed E-state index contributed by atoms with van der Waals surface area (Å²) in [6, 6.07) is 5.83. The van der Waals surface area contributed by atoms with Crippen LogP contribution in [0.1, 0.15) is 17.4 Å². The first-order chi connectivity index (χ1) is 13.1. The molecule has 0 aliphatic heterocycles. The van der Waals surface area contributed by atoms with Gasteiger partial charge in [-0.05, 0) is 5.56 Å². The van der Waals surface area contributed by atoms with Crippen molar-refractivity contribution in [2.75, 3.05) is 12.9 Å². The molecule has 0 aliphatic carbocycles. The number of benzene rings is 1. The van der Waals surface area contributed by atoms with Crippen LogP contribution in [0.5, 0.6) is 0 Å². The maximum atomic E-state index is 13.0. The second kappa shape index (κ2) is 9.17. The Morgan fingerprint density at radius 3 is 2.46 bits per heavy atom. The van der Waals surface area contributed by atoms with E-state index in [1.54, 1.807) is 5.32 Å². The van der Waals surface area contributed by atoms with Crippen LogP contribution in [0.2, 0.25) is 0 Å². The number of aliphatic hydroxyl groups is 1. The number of halogens is 3. The molecule has 2 rings (SSSR count).